The number of carbonyl (C=O) groups is 1. The van der Waals surface area contributed by atoms with Crippen LogP contribution in [0.4, 0.5) is 0 Å². The van der Waals surface area contributed by atoms with E-state index in [4.69, 9.17) is 0 Å². The highest BCUT2D eigenvalue weighted by atomic mass is 16.2. The molecular weight excluding hydrogens is 416 g/mol. The zero-order chi connectivity index (χ0) is 23.8. The molecule has 2 aromatic carbocycles. The number of carbonyl (C=O) groups excluding carboxylic acids is 1. The number of hydrogen-bond acceptors (Lipinski definition) is 2. The number of unbranched alkanes of at least 4 members (excludes halogenated alkanes) is 1. The van der Waals surface area contributed by atoms with Crippen LogP contribution in [0.25, 0.3) is 5.57 Å². The van der Waals surface area contributed by atoms with Gasteiger partial charge >= 0.3 is 0 Å². The largest absolute Gasteiger partial charge is 0.333 e. The van der Waals surface area contributed by atoms with Gasteiger partial charge in [0.05, 0.1) is 5.54 Å². The number of likely N-dealkylation sites (N-methyl/N-ethyl adjacent to an activating group) is 1. The van der Waals surface area contributed by atoms with Crippen molar-refractivity contribution in [2.45, 2.75) is 82.2 Å². The van der Waals surface area contributed by atoms with Crippen molar-refractivity contribution in [1.29, 1.82) is 0 Å². The molecule has 5 rings (SSSR count). The lowest BCUT2D eigenvalue weighted by Crippen LogP contribution is -2.61. The molecule has 3 aliphatic rings. The standard InChI is InChI=1S/C31H40N2O/c1-4-5-15-29(34)33-21-16-27-26-14-10-9-13-25(26)22-28(27)31(33)19-17-30(18-20-31,32(2)3)23-24-11-7-6-8-12-24/h6-14H,4-5,15-23H2,1-3H3. The molecular formula is C31H40N2O. The molecule has 3 heteroatoms. The lowest BCUT2D eigenvalue weighted by atomic mass is 9.64. The van der Waals surface area contributed by atoms with Crippen molar-refractivity contribution in [3.05, 3.63) is 76.9 Å². The maximum atomic E-state index is 13.6. The van der Waals surface area contributed by atoms with Crippen LogP contribution in [0.3, 0.4) is 0 Å². The Bertz CT molecular complexity index is 1060. The van der Waals surface area contributed by atoms with Gasteiger partial charge < -0.3 is 9.80 Å². The maximum Gasteiger partial charge on any atom is 0.223 e. The fourth-order valence-electron chi connectivity index (χ4n) is 7.04. The molecule has 1 aliphatic heterocycles. The second kappa shape index (κ2) is 9.34. The van der Waals surface area contributed by atoms with Gasteiger partial charge in [0.2, 0.25) is 5.91 Å². The van der Waals surface area contributed by atoms with Crippen LogP contribution in [-0.2, 0) is 17.6 Å². The first-order chi connectivity index (χ1) is 16.5. The van der Waals surface area contributed by atoms with Crippen LogP contribution in [0, 0.1) is 0 Å². The third-order valence-electron chi connectivity index (χ3n) is 9.12. The maximum absolute atomic E-state index is 13.6. The summed E-state index contributed by atoms with van der Waals surface area (Å²) in [5.74, 6) is 0.379. The summed E-state index contributed by atoms with van der Waals surface area (Å²) in [6, 6.07) is 19.9. The van der Waals surface area contributed by atoms with E-state index in [0.29, 0.717) is 12.3 Å². The Labute approximate surface area is 205 Å². The Hall–Kier alpha value is -2.39. The van der Waals surface area contributed by atoms with Crippen molar-refractivity contribution < 1.29 is 4.79 Å². The molecule has 3 nitrogen and oxygen atoms in total. The number of amides is 1. The first kappa shape index (κ1) is 23.4. The minimum absolute atomic E-state index is 0.104. The van der Waals surface area contributed by atoms with E-state index in [9.17, 15) is 4.79 Å². The summed E-state index contributed by atoms with van der Waals surface area (Å²) in [4.78, 5) is 18.4. The summed E-state index contributed by atoms with van der Waals surface area (Å²) in [5, 5.41) is 0. The zero-order valence-electron chi connectivity index (χ0n) is 21.3. The Balaban J connectivity index is 1.49. The Morgan fingerprint density at radius 3 is 2.38 bits per heavy atom. The first-order valence-electron chi connectivity index (χ1n) is 13.3. The minimum atomic E-state index is -0.104. The van der Waals surface area contributed by atoms with Crippen LogP contribution >= 0.6 is 0 Å². The highest BCUT2D eigenvalue weighted by Crippen LogP contribution is 2.54. The summed E-state index contributed by atoms with van der Waals surface area (Å²) in [5.41, 5.74) is 7.49. The third-order valence-corrected chi connectivity index (χ3v) is 9.12. The molecule has 0 N–H and O–H groups in total. The van der Waals surface area contributed by atoms with E-state index in [1.54, 1.807) is 11.1 Å². The second-order valence-corrected chi connectivity index (χ2v) is 11.0. The zero-order valence-corrected chi connectivity index (χ0v) is 21.3. The van der Waals surface area contributed by atoms with Crippen LogP contribution in [0.15, 0.2) is 60.2 Å². The summed E-state index contributed by atoms with van der Waals surface area (Å²) < 4.78 is 0. The average molecular weight is 457 g/mol. The highest BCUT2D eigenvalue weighted by Gasteiger charge is 2.53. The van der Waals surface area contributed by atoms with Crippen molar-refractivity contribution >= 4 is 11.5 Å². The van der Waals surface area contributed by atoms with E-state index in [1.807, 2.05) is 0 Å². The van der Waals surface area contributed by atoms with Gasteiger partial charge in [-0.1, -0.05) is 67.9 Å². The monoisotopic (exact) mass is 456 g/mol. The lowest BCUT2D eigenvalue weighted by molar-refractivity contribution is -0.139. The van der Waals surface area contributed by atoms with E-state index in [1.165, 1.54) is 16.7 Å². The molecule has 0 aromatic heterocycles. The minimum Gasteiger partial charge on any atom is -0.333 e. The normalized spacial score (nSPS) is 26.2. The molecule has 0 bridgehead atoms. The van der Waals surface area contributed by atoms with Crippen LogP contribution in [0.1, 0.15) is 75.0 Å². The van der Waals surface area contributed by atoms with Crippen LogP contribution in [0.5, 0.6) is 0 Å². The van der Waals surface area contributed by atoms with Crippen LogP contribution in [-0.4, -0.2) is 47.4 Å². The summed E-state index contributed by atoms with van der Waals surface area (Å²) in [7, 11) is 4.50. The quantitative estimate of drug-likeness (QED) is 0.511. The second-order valence-electron chi connectivity index (χ2n) is 11.0. The van der Waals surface area contributed by atoms with E-state index in [0.717, 1.165) is 64.3 Å². The van der Waals surface area contributed by atoms with E-state index < -0.39 is 0 Å². The Morgan fingerprint density at radius 2 is 1.68 bits per heavy atom. The third kappa shape index (κ3) is 3.92. The van der Waals surface area contributed by atoms with E-state index in [-0.39, 0.29) is 11.1 Å². The molecule has 0 radical (unpaired) electrons. The topological polar surface area (TPSA) is 23.6 Å². The number of benzene rings is 2. The van der Waals surface area contributed by atoms with Gasteiger partial charge in [-0.2, -0.15) is 0 Å². The van der Waals surface area contributed by atoms with E-state index >= 15 is 0 Å². The average Bonchev–Trinajstić information content (AvgIpc) is 3.25. The number of rotatable bonds is 6. The van der Waals surface area contributed by atoms with Crippen LogP contribution < -0.4 is 0 Å². The van der Waals surface area contributed by atoms with Gasteiger partial charge in [0, 0.05) is 18.5 Å². The number of hydrogen-bond donors (Lipinski definition) is 0. The fraction of sp³-hybridized carbons (Fsp3) is 0.516. The SMILES string of the molecule is CCCCC(=O)N1CCC2=C(Cc3ccccc32)C12CCC(Cc1ccccc1)(N(C)C)CC2. The molecule has 34 heavy (non-hydrogen) atoms. The van der Waals surface area contributed by atoms with Gasteiger partial charge in [-0.05, 0) is 93.3 Å². The number of nitrogens with zero attached hydrogens (tertiary/aromatic N) is 2. The Kier molecular flexibility index (Phi) is 6.41. The number of fused-ring (bicyclic) bond motifs is 3. The van der Waals surface area contributed by atoms with Crippen molar-refractivity contribution in [2.75, 3.05) is 20.6 Å². The van der Waals surface area contributed by atoms with Crippen molar-refractivity contribution in [3.63, 3.8) is 0 Å². The van der Waals surface area contributed by atoms with Gasteiger partial charge in [-0.15, -0.1) is 0 Å². The first-order valence-corrected chi connectivity index (χ1v) is 13.3. The van der Waals surface area contributed by atoms with E-state index in [2.05, 4.69) is 85.4 Å². The molecule has 1 saturated carbocycles. The van der Waals surface area contributed by atoms with Gasteiger partial charge in [-0.25, -0.2) is 0 Å². The van der Waals surface area contributed by atoms with Crippen molar-refractivity contribution in [2.24, 2.45) is 0 Å². The predicted octanol–water partition coefficient (Wildman–Crippen LogP) is 6.27. The highest BCUT2D eigenvalue weighted by molar-refractivity contribution is 5.84. The van der Waals surface area contributed by atoms with Gasteiger partial charge in [0.15, 0.2) is 0 Å². The molecule has 2 aromatic rings. The van der Waals surface area contributed by atoms with Gasteiger partial charge in [-0.3, -0.25) is 4.79 Å². The molecule has 1 heterocycles. The smallest absolute Gasteiger partial charge is 0.223 e. The molecule has 1 spiro atoms. The summed E-state index contributed by atoms with van der Waals surface area (Å²) in [6.45, 7) is 3.06. The molecule has 0 saturated heterocycles. The van der Waals surface area contributed by atoms with Gasteiger partial charge in [0.25, 0.3) is 0 Å². The summed E-state index contributed by atoms with van der Waals surface area (Å²) in [6.07, 6.45) is 10.3. The van der Waals surface area contributed by atoms with Crippen molar-refractivity contribution in [1.82, 2.24) is 9.80 Å². The molecule has 1 fully saturated rings. The molecule has 0 unspecified atom stereocenters. The van der Waals surface area contributed by atoms with Crippen molar-refractivity contribution in [3.8, 4) is 0 Å². The summed E-state index contributed by atoms with van der Waals surface area (Å²) >= 11 is 0. The molecule has 180 valence electrons. The lowest BCUT2D eigenvalue weighted by Gasteiger charge is -2.56. The molecule has 1 amide bonds. The van der Waals surface area contributed by atoms with Crippen LogP contribution in [0.2, 0.25) is 0 Å². The Morgan fingerprint density at radius 1 is 0.971 bits per heavy atom. The predicted molar refractivity (Wildman–Crippen MR) is 141 cm³/mol. The molecule has 2 aliphatic carbocycles. The molecule has 0 atom stereocenters. The fourth-order valence-corrected chi connectivity index (χ4v) is 7.04. The van der Waals surface area contributed by atoms with Gasteiger partial charge in [0.1, 0.15) is 0 Å².